The number of hydrogen-bond donors (Lipinski definition) is 2. The van der Waals surface area contributed by atoms with Gasteiger partial charge >= 0.3 is 0 Å². The van der Waals surface area contributed by atoms with Crippen LogP contribution in [-0.4, -0.2) is 19.1 Å². The SMILES string of the molecule is Cc1ccc(CNCCCNC2CC2)o1. The molecular weight excluding hydrogens is 188 g/mol. The fraction of sp³-hybridized carbons (Fsp3) is 0.667. The minimum atomic E-state index is 0.831. The van der Waals surface area contributed by atoms with E-state index in [0.717, 1.165) is 37.2 Å². The van der Waals surface area contributed by atoms with Crippen molar-refractivity contribution in [2.24, 2.45) is 0 Å². The molecule has 1 aromatic heterocycles. The smallest absolute Gasteiger partial charge is 0.117 e. The molecule has 0 radical (unpaired) electrons. The summed E-state index contributed by atoms with van der Waals surface area (Å²) in [5, 5.41) is 6.87. The standard InChI is InChI=1S/C12H20N2O/c1-10-3-6-12(15-10)9-13-7-2-8-14-11-4-5-11/h3,6,11,13-14H,2,4-5,7-9H2,1H3. The summed E-state index contributed by atoms with van der Waals surface area (Å²) in [5.74, 6) is 2.02. The maximum atomic E-state index is 5.46. The predicted molar refractivity (Wildman–Crippen MR) is 60.8 cm³/mol. The van der Waals surface area contributed by atoms with Gasteiger partial charge in [0, 0.05) is 6.04 Å². The zero-order chi connectivity index (χ0) is 10.5. The second-order valence-corrected chi connectivity index (χ2v) is 4.27. The lowest BCUT2D eigenvalue weighted by Gasteiger charge is -2.03. The summed E-state index contributed by atoms with van der Waals surface area (Å²) in [5.41, 5.74) is 0. The van der Waals surface area contributed by atoms with Crippen LogP contribution in [0.1, 0.15) is 30.8 Å². The monoisotopic (exact) mass is 208 g/mol. The molecule has 15 heavy (non-hydrogen) atoms. The third-order valence-electron chi connectivity index (χ3n) is 2.64. The molecule has 84 valence electrons. The summed E-state index contributed by atoms with van der Waals surface area (Å²) in [7, 11) is 0. The third-order valence-corrected chi connectivity index (χ3v) is 2.64. The van der Waals surface area contributed by atoms with E-state index in [1.807, 2.05) is 19.1 Å². The minimum absolute atomic E-state index is 0.831. The van der Waals surface area contributed by atoms with Crippen LogP contribution < -0.4 is 10.6 Å². The Morgan fingerprint density at radius 2 is 2.20 bits per heavy atom. The fourth-order valence-corrected chi connectivity index (χ4v) is 1.60. The van der Waals surface area contributed by atoms with Gasteiger partial charge in [-0.05, 0) is 51.4 Å². The molecule has 1 fully saturated rings. The van der Waals surface area contributed by atoms with Crippen LogP contribution in [0.5, 0.6) is 0 Å². The van der Waals surface area contributed by atoms with Crippen LogP contribution in [0.3, 0.4) is 0 Å². The van der Waals surface area contributed by atoms with Crippen LogP contribution in [0.2, 0.25) is 0 Å². The molecule has 2 N–H and O–H groups in total. The fourth-order valence-electron chi connectivity index (χ4n) is 1.60. The van der Waals surface area contributed by atoms with Crippen molar-refractivity contribution in [1.82, 2.24) is 10.6 Å². The van der Waals surface area contributed by atoms with E-state index < -0.39 is 0 Å². The Balaban J connectivity index is 1.47. The molecule has 0 unspecified atom stereocenters. The van der Waals surface area contributed by atoms with E-state index in [2.05, 4.69) is 10.6 Å². The van der Waals surface area contributed by atoms with Crippen molar-refractivity contribution in [1.29, 1.82) is 0 Å². The van der Waals surface area contributed by atoms with Gasteiger partial charge in [-0.15, -0.1) is 0 Å². The first-order valence-electron chi connectivity index (χ1n) is 5.84. The number of hydrogen-bond acceptors (Lipinski definition) is 3. The topological polar surface area (TPSA) is 37.2 Å². The van der Waals surface area contributed by atoms with E-state index in [1.54, 1.807) is 0 Å². The van der Waals surface area contributed by atoms with E-state index in [1.165, 1.54) is 19.3 Å². The summed E-state index contributed by atoms with van der Waals surface area (Å²) in [6, 6.07) is 4.87. The maximum absolute atomic E-state index is 5.46. The van der Waals surface area contributed by atoms with Crippen LogP contribution >= 0.6 is 0 Å². The Morgan fingerprint density at radius 1 is 1.33 bits per heavy atom. The van der Waals surface area contributed by atoms with Gasteiger partial charge in [0.2, 0.25) is 0 Å². The van der Waals surface area contributed by atoms with Gasteiger partial charge in [0.05, 0.1) is 6.54 Å². The van der Waals surface area contributed by atoms with Gasteiger partial charge in [-0.2, -0.15) is 0 Å². The summed E-state index contributed by atoms with van der Waals surface area (Å²) < 4.78 is 5.46. The first kappa shape index (κ1) is 10.7. The van der Waals surface area contributed by atoms with Crippen molar-refractivity contribution in [3.05, 3.63) is 23.7 Å². The van der Waals surface area contributed by atoms with Crippen LogP contribution in [0.4, 0.5) is 0 Å². The lowest BCUT2D eigenvalue weighted by atomic mass is 10.4. The molecule has 1 saturated carbocycles. The van der Waals surface area contributed by atoms with Gasteiger partial charge in [-0.1, -0.05) is 0 Å². The summed E-state index contributed by atoms with van der Waals surface area (Å²) >= 11 is 0. The Kier molecular flexibility index (Phi) is 3.80. The highest BCUT2D eigenvalue weighted by Crippen LogP contribution is 2.18. The van der Waals surface area contributed by atoms with Gasteiger partial charge in [-0.3, -0.25) is 0 Å². The lowest BCUT2D eigenvalue weighted by molar-refractivity contribution is 0.459. The van der Waals surface area contributed by atoms with E-state index in [0.29, 0.717) is 0 Å². The van der Waals surface area contributed by atoms with Gasteiger partial charge in [-0.25, -0.2) is 0 Å². The predicted octanol–water partition coefficient (Wildman–Crippen LogP) is 1.82. The van der Waals surface area contributed by atoms with Gasteiger partial charge in [0.25, 0.3) is 0 Å². The summed E-state index contributed by atoms with van der Waals surface area (Å²) in [4.78, 5) is 0. The third kappa shape index (κ3) is 4.06. The average Bonchev–Trinajstić information content (AvgIpc) is 2.95. The van der Waals surface area contributed by atoms with Crippen LogP contribution in [0.15, 0.2) is 16.5 Å². The first-order valence-corrected chi connectivity index (χ1v) is 5.84. The number of nitrogens with one attached hydrogen (secondary N) is 2. The van der Waals surface area contributed by atoms with Crippen LogP contribution in [0.25, 0.3) is 0 Å². The van der Waals surface area contributed by atoms with E-state index >= 15 is 0 Å². The lowest BCUT2D eigenvalue weighted by Crippen LogP contribution is -2.22. The van der Waals surface area contributed by atoms with E-state index in [4.69, 9.17) is 4.42 Å². The Bertz CT molecular complexity index is 292. The zero-order valence-electron chi connectivity index (χ0n) is 9.38. The number of furan rings is 1. The van der Waals surface area contributed by atoms with Crippen LogP contribution in [0, 0.1) is 6.92 Å². The molecule has 3 nitrogen and oxygen atoms in total. The normalized spacial score (nSPS) is 15.8. The maximum Gasteiger partial charge on any atom is 0.117 e. The number of rotatable bonds is 7. The van der Waals surface area contributed by atoms with E-state index in [-0.39, 0.29) is 0 Å². The second kappa shape index (κ2) is 5.33. The molecule has 1 heterocycles. The number of aryl methyl sites for hydroxylation is 1. The molecule has 0 spiro atoms. The molecule has 1 aliphatic carbocycles. The molecule has 0 saturated heterocycles. The summed E-state index contributed by atoms with van der Waals surface area (Å²) in [6.45, 7) is 5.01. The molecule has 0 aliphatic heterocycles. The second-order valence-electron chi connectivity index (χ2n) is 4.27. The summed E-state index contributed by atoms with van der Waals surface area (Å²) in [6.07, 6.45) is 3.94. The van der Waals surface area contributed by atoms with Crippen molar-refractivity contribution < 1.29 is 4.42 Å². The van der Waals surface area contributed by atoms with Crippen molar-refractivity contribution in [3.63, 3.8) is 0 Å². The molecule has 1 aliphatic rings. The molecule has 2 rings (SSSR count). The highest BCUT2D eigenvalue weighted by molar-refractivity contribution is 5.04. The Morgan fingerprint density at radius 3 is 2.87 bits per heavy atom. The van der Waals surface area contributed by atoms with E-state index in [9.17, 15) is 0 Å². The molecule has 1 aromatic rings. The molecule has 0 atom stereocenters. The molecule has 3 heteroatoms. The largest absolute Gasteiger partial charge is 0.465 e. The highest BCUT2D eigenvalue weighted by Gasteiger charge is 2.19. The van der Waals surface area contributed by atoms with Gasteiger partial charge < -0.3 is 15.1 Å². The minimum Gasteiger partial charge on any atom is -0.465 e. The van der Waals surface area contributed by atoms with Crippen LogP contribution in [-0.2, 0) is 6.54 Å². The molecule has 0 bridgehead atoms. The molecule has 0 amide bonds. The average molecular weight is 208 g/mol. The van der Waals surface area contributed by atoms with Gasteiger partial charge in [0.1, 0.15) is 11.5 Å². The zero-order valence-corrected chi connectivity index (χ0v) is 9.38. The van der Waals surface area contributed by atoms with Gasteiger partial charge in [0.15, 0.2) is 0 Å². The molecule has 0 aromatic carbocycles. The van der Waals surface area contributed by atoms with Crippen molar-refractivity contribution in [2.45, 2.75) is 38.8 Å². The quantitative estimate of drug-likeness (QED) is 0.671. The Hall–Kier alpha value is -0.800. The highest BCUT2D eigenvalue weighted by atomic mass is 16.3. The molecular formula is C12H20N2O. The first-order chi connectivity index (χ1) is 7.34. The van der Waals surface area contributed by atoms with Crippen molar-refractivity contribution in [3.8, 4) is 0 Å². The van der Waals surface area contributed by atoms with Crippen molar-refractivity contribution in [2.75, 3.05) is 13.1 Å². The van der Waals surface area contributed by atoms with Crippen molar-refractivity contribution >= 4 is 0 Å². The Labute approximate surface area is 91.2 Å².